The smallest absolute Gasteiger partial charge is 0.333 e. The van der Waals surface area contributed by atoms with Crippen molar-refractivity contribution in [3.8, 4) is 23.0 Å². The molecule has 0 fully saturated rings. The van der Waals surface area contributed by atoms with E-state index in [1.165, 1.54) is 21.0 Å². The lowest BCUT2D eigenvalue weighted by atomic mass is 10.1. The second-order valence-electron chi connectivity index (χ2n) is 8.69. The van der Waals surface area contributed by atoms with Crippen molar-refractivity contribution in [2.75, 3.05) is 14.2 Å². The molecule has 0 saturated heterocycles. The normalized spacial score (nSPS) is 10.8. The van der Waals surface area contributed by atoms with Gasteiger partial charge in [-0.2, -0.15) is 0 Å². The molecular formula is C29H30I4O10. The summed E-state index contributed by atoms with van der Waals surface area (Å²) in [6.07, 6.45) is -0.591. The van der Waals surface area contributed by atoms with Gasteiger partial charge in [0.05, 0.1) is 28.5 Å². The molecule has 2 rings (SSSR count). The van der Waals surface area contributed by atoms with Crippen LogP contribution < -0.4 is 18.9 Å². The summed E-state index contributed by atoms with van der Waals surface area (Å²) in [6, 6.07) is 3.53. The van der Waals surface area contributed by atoms with Crippen LogP contribution in [-0.2, 0) is 35.3 Å². The highest BCUT2D eigenvalue weighted by Gasteiger charge is 2.25. The third kappa shape index (κ3) is 11.6. The summed E-state index contributed by atoms with van der Waals surface area (Å²) in [5, 5.41) is 0. The van der Waals surface area contributed by atoms with Crippen LogP contribution in [0.25, 0.3) is 0 Å². The number of hydrogen-bond acceptors (Lipinski definition) is 10. The van der Waals surface area contributed by atoms with Crippen LogP contribution in [0.5, 0.6) is 23.0 Å². The summed E-state index contributed by atoms with van der Waals surface area (Å²) in [5.41, 5.74) is 1.80. The van der Waals surface area contributed by atoms with E-state index in [4.69, 9.17) is 28.4 Å². The molecule has 0 heterocycles. The number of rotatable bonds is 10. The fraction of sp³-hybridized carbons (Fsp3) is 0.310. The van der Waals surface area contributed by atoms with Crippen molar-refractivity contribution < 1.29 is 47.6 Å². The number of hydrogen-bond donors (Lipinski definition) is 0. The molecule has 1 atom stereocenters. The third-order valence-electron chi connectivity index (χ3n) is 5.05. The third-order valence-corrected chi connectivity index (χ3v) is 8.61. The van der Waals surface area contributed by atoms with Gasteiger partial charge in [0.2, 0.25) is 0 Å². The zero-order valence-corrected chi connectivity index (χ0v) is 33.1. The van der Waals surface area contributed by atoms with Gasteiger partial charge in [0, 0.05) is 36.1 Å². The first-order chi connectivity index (χ1) is 20.0. The van der Waals surface area contributed by atoms with Crippen LogP contribution in [0.4, 0.5) is 0 Å². The molecule has 0 radical (unpaired) electrons. The number of carbonyl (C=O) groups is 4. The predicted molar refractivity (Wildman–Crippen MR) is 193 cm³/mol. The minimum absolute atomic E-state index is 0.00962. The summed E-state index contributed by atoms with van der Waals surface area (Å²) in [7, 11) is 3.08. The van der Waals surface area contributed by atoms with Crippen molar-refractivity contribution in [1.29, 1.82) is 0 Å². The molecule has 0 aliphatic rings. The van der Waals surface area contributed by atoms with E-state index >= 15 is 0 Å². The predicted octanol–water partition coefficient (Wildman–Crippen LogP) is 7.46. The Morgan fingerprint density at radius 3 is 1.60 bits per heavy atom. The number of halogens is 4. The molecular weight excluding hydrogens is 1020 g/mol. The average Bonchev–Trinajstić information content (AvgIpc) is 2.90. The van der Waals surface area contributed by atoms with Crippen molar-refractivity contribution in [3.63, 3.8) is 0 Å². The number of carbonyl (C=O) groups excluding carboxylic acids is 4. The lowest BCUT2D eigenvalue weighted by molar-refractivity contribution is -0.144. The lowest BCUT2D eigenvalue weighted by Crippen LogP contribution is -2.13. The number of methoxy groups -OCH3 is 2. The fourth-order valence-electron chi connectivity index (χ4n) is 3.11. The summed E-state index contributed by atoms with van der Waals surface area (Å²) < 4.78 is 34.5. The first kappa shape index (κ1) is 39.3. The minimum Gasteiger partial charge on any atom is -0.494 e. The summed E-state index contributed by atoms with van der Waals surface area (Å²) in [5.74, 6) is 0.000506. The molecule has 0 aromatic heterocycles. The Kier molecular flexibility index (Phi) is 16.8. The van der Waals surface area contributed by atoms with Gasteiger partial charge in [-0.05, 0) is 123 Å². The molecule has 10 nitrogen and oxygen atoms in total. The Balaban J connectivity index is 0.000000430. The van der Waals surface area contributed by atoms with Crippen LogP contribution >= 0.6 is 90.4 Å². The number of ether oxygens (including phenoxy) is 6. The van der Waals surface area contributed by atoms with E-state index in [0.717, 1.165) is 7.14 Å². The second kappa shape index (κ2) is 18.3. The molecule has 0 spiro atoms. The van der Waals surface area contributed by atoms with E-state index in [1.807, 2.05) is 45.2 Å². The Morgan fingerprint density at radius 1 is 0.721 bits per heavy atom. The molecule has 0 amide bonds. The van der Waals surface area contributed by atoms with Crippen molar-refractivity contribution in [2.45, 2.75) is 47.3 Å². The summed E-state index contributed by atoms with van der Waals surface area (Å²) >= 11 is 8.29. The van der Waals surface area contributed by atoms with Gasteiger partial charge in [0.25, 0.3) is 0 Å². The van der Waals surface area contributed by atoms with Crippen LogP contribution in [0, 0.1) is 14.3 Å². The van der Waals surface area contributed by atoms with Gasteiger partial charge in [-0.1, -0.05) is 13.2 Å². The highest BCUT2D eigenvalue weighted by molar-refractivity contribution is 14.1. The SMILES string of the molecule is C=C(C)C(=O)OC(C)c1cc(I)c(OC)c(I)c1OC(C)=O.C=C(C)C(=O)OCc1cc(I)c(OC)c(I)c1OC(C)=O. The maximum Gasteiger partial charge on any atom is 0.333 e. The molecule has 0 N–H and O–H groups in total. The number of esters is 4. The van der Waals surface area contributed by atoms with E-state index in [9.17, 15) is 19.2 Å². The van der Waals surface area contributed by atoms with Crippen molar-refractivity contribution in [1.82, 2.24) is 0 Å². The molecule has 0 saturated carbocycles. The van der Waals surface area contributed by atoms with Crippen LogP contribution in [0.1, 0.15) is 51.8 Å². The zero-order valence-electron chi connectivity index (χ0n) is 24.4. The van der Waals surface area contributed by atoms with Crippen molar-refractivity contribution >= 4 is 114 Å². The second-order valence-corrected chi connectivity index (χ2v) is 13.2. The Labute approximate surface area is 305 Å². The first-order valence-electron chi connectivity index (χ1n) is 12.1. The zero-order chi connectivity index (χ0) is 33.2. The van der Waals surface area contributed by atoms with Gasteiger partial charge in [-0.15, -0.1) is 0 Å². The summed E-state index contributed by atoms with van der Waals surface area (Å²) in [6.45, 7) is 14.5. The molecule has 2 aromatic carbocycles. The van der Waals surface area contributed by atoms with Crippen molar-refractivity contribution in [3.05, 3.63) is 61.8 Å². The maximum atomic E-state index is 11.7. The van der Waals surface area contributed by atoms with Crippen LogP contribution in [-0.4, -0.2) is 38.1 Å². The van der Waals surface area contributed by atoms with Gasteiger partial charge in [-0.25, -0.2) is 9.59 Å². The van der Waals surface area contributed by atoms with E-state index in [2.05, 4.69) is 58.3 Å². The Bertz CT molecular complexity index is 1440. The molecule has 234 valence electrons. The topological polar surface area (TPSA) is 124 Å². The molecule has 1 unspecified atom stereocenters. The molecule has 14 heteroatoms. The van der Waals surface area contributed by atoms with Crippen LogP contribution in [0.3, 0.4) is 0 Å². The lowest BCUT2D eigenvalue weighted by Gasteiger charge is -2.20. The van der Waals surface area contributed by atoms with Gasteiger partial charge in [0.1, 0.15) is 24.2 Å². The standard InChI is InChI=1S/C15H16I2O5.C14H14I2O5/c1-7(2)15(19)21-8(3)10-6-11(16)14(20-5)12(17)13(10)22-9(4)18;1-7(2)14(18)20-6-9-5-10(15)13(19-4)11(16)12(9)21-8(3)17/h6,8H,1H2,2-5H3;5H,1,6H2,2-4H3. The van der Waals surface area contributed by atoms with E-state index in [1.54, 1.807) is 40.0 Å². The Hall–Kier alpha value is -1.68. The maximum absolute atomic E-state index is 11.7. The van der Waals surface area contributed by atoms with Gasteiger partial charge in [-0.3, -0.25) is 9.59 Å². The van der Waals surface area contributed by atoms with Crippen molar-refractivity contribution in [2.24, 2.45) is 0 Å². The van der Waals surface area contributed by atoms with Gasteiger partial charge in [0.15, 0.2) is 11.5 Å². The largest absolute Gasteiger partial charge is 0.494 e. The van der Waals surface area contributed by atoms with E-state index in [-0.39, 0.29) is 6.61 Å². The molecule has 2 aromatic rings. The Morgan fingerprint density at radius 2 is 1.16 bits per heavy atom. The van der Waals surface area contributed by atoms with Crippen LogP contribution in [0.15, 0.2) is 36.4 Å². The minimum atomic E-state index is -0.591. The van der Waals surface area contributed by atoms with Crippen LogP contribution in [0.2, 0.25) is 0 Å². The number of benzene rings is 2. The quantitative estimate of drug-likeness (QED) is 0.103. The monoisotopic (exact) mass is 1050 g/mol. The van der Waals surface area contributed by atoms with Gasteiger partial charge >= 0.3 is 23.9 Å². The molecule has 0 aliphatic heterocycles. The summed E-state index contributed by atoms with van der Waals surface area (Å²) in [4.78, 5) is 45.8. The van der Waals surface area contributed by atoms with Gasteiger partial charge < -0.3 is 28.4 Å². The molecule has 43 heavy (non-hydrogen) atoms. The fourth-order valence-corrected chi connectivity index (χ4v) is 7.73. The van der Waals surface area contributed by atoms with E-state index < -0.39 is 30.0 Å². The molecule has 0 aliphatic carbocycles. The molecule has 0 bridgehead atoms. The highest BCUT2D eigenvalue weighted by Crippen LogP contribution is 2.41. The van der Waals surface area contributed by atoms with E-state index in [0.29, 0.717) is 52.4 Å². The average molecular weight is 1050 g/mol. The highest BCUT2D eigenvalue weighted by atomic mass is 127. The first-order valence-corrected chi connectivity index (χ1v) is 16.4.